The zero-order valence-corrected chi connectivity index (χ0v) is 11.5. The molecule has 1 aliphatic rings. The first kappa shape index (κ1) is 12.8. The fourth-order valence-corrected chi connectivity index (χ4v) is 2.67. The van der Waals surface area contributed by atoms with Gasteiger partial charge in [-0.1, -0.05) is 35.5 Å². The molecule has 2 heterocycles. The van der Waals surface area contributed by atoms with Gasteiger partial charge in [0.1, 0.15) is 0 Å². The highest BCUT2D eigenvalue weighted by atomic mass is 16.5. The first-order valence-electron chi connectivity index (χ1n) is 6.81. The smallest absolute Gasteiger partial charge is 0.223 e. The summed E-state index contributed by atoms with van der Waals surface area (Å²) in [7, 11) is 0. The lowest BCUT2D eigenvalue weighted by atomic mass is 9.99. The van der Waals surface area contributed by atoms with Crippen LogP contribution in [-0.2, 0) is 17.8 Å². The van der Waals surface area contributed by atoms with E-state index in [2.05, 4.69) is 22.3 Å². The Morgan fingerprint density at radius 2 is 2.15 bits per heavy atom. The standard InChI is InChI=1S/C15H17N3O2/c1-11-16-14(17-20-11)10-18-9-13(8-15(18)19)7-12-5-3-2-4-6-12/h2-6,13H,7-10H2,1H3/t13-/m0/s1. The van der Waals surface area contributed by atoms with Crippen LogP contribution in [0, 0.1) is 12.8 Å². The summed E-state index contributed by atoms with van der Waals surface area (Å²) in [5, 5.41) is 3.84. The summed E-state index contributed by atoms with van der Waals surface area (Å²) >= 11 is 0. The van der Waals surface area contributed by atoms with Gasteiger partial charge in [0.15, 0.2) is 5.82 Å². The van der Waals surface area contributed by atoms with Crippen LogP contribution in [-0.4, -0.2) is 27.5 Å². The van der Waals surface area contributed by atoms with Crippen LogP contribution in [0.3, 0.4) is 0 Å². The van der Waals surface area contributed by atoms with E-state index in [0.717, 1.165) is 13.0 Å². The van der Waals surface area contributed by atoms with Crippen LogP contribution in [0.15, 0.2) is 34.9 Å². The summed E-state index contributed by atoms with van der Waals surface area (Å²) in [5.41, 5.74) is 1.28. The van der Waals surface area contributed by atoms with E-state index in [1.54, 1.807) is 6.92 Å². The molecule has 1 aromatic heterocycles. The number of hydrogen-bond acceptors (Lipinski definition) is 4. The molecule has 3 rings (SSSR count). The van der Waals surface area contributed by atoms with E-state index < -0.39 is 0 Å². The molecule has 1 fully saturated rings. The molecule has 0 radical (unpaired) electrons. The van der Waals surface area contributed by atoms with E-state index >= 15 is 0 Å². The Labute approximate surface area is 117 Å². The van der Waals surface area contributed by atoms with Crippen molar-refractivity contribution in [3.05, 3.63) is 47.6 Å². The second-order valence-electron chi connectivity index (χ2n) is 5.26. The van der Waals surface area contributed by atoms with Gasteiger partial charge in [-0.05, 0) is 17.9 Å². The lowest BCUT2D eigenvalue weighted by molar-refractivity contribution is -0.128. The molecular formula is C15H17N3O2. The predicted molar refractivity (Wildman–Crippen MR) is 72.7 cm³/mol. The van der Waals surface area contributed by atoms with Gasteiger partial charge in [0.2, 0.25) is 11.8 Å². The van der Waals surface area contributed by atoms with Crippen LogP contribution in [0.25, 0.3) is 0 Å². The molecule has 0 bridgehead atoms. The highest BCUT2D eigenvalue weighted by Gasteiger charge is 2.30. The highest BCUT2D eigenvalue weighted by molar-refractivity contribution is 5.78. The average Bonchev–Trinajstić information content (AvgIpc) is 2.98. The van der Waals surface area contributed by atoms with Crippen molar-refractivity contribution in [2.45, 2.75) is 26.3 Å². The third-order valence-corrected chi connectivity index (χ3v) is 3.56. The Bertz CT molecular complexity index is 594. The average molecular weight is 271 g/mol. The van der Waals surface area contributed by atoms with Crippen LogP contribution in [0.2, 0.25) is 0 Å². The van der Waals surface area contributed by atoms with E-state index in [1.165, 1.54) is 5.56 Å². The fraction of sp³-hybridized carbons (Fsp3) is 0.400. The Kier molecular flexibility index (Phi) is 3.50. The minimum atomic E-state index is 0.174. The lowest BCUT2D eigenvalue weighted by Gasteiger charge is -2.14. The molecular weight excluding hydrogens is 254 g/mol. The van der Waals surface area contributed by atoms with E-state index in [0.29, 0.717) is 30.6 Å². The molecule has 1 aliphatic heterocycles. The van der Waals surface area contributed by atoms with E-state index in [4.69, 9.17) is 4.52 Å². The third kappa shape index (κ3) is 2.87. The van der Waals surface area contributed by atoms with Crippen molar-refractivity contribution in [3.8, 4) is 0 Å². The maximum absolute atomic E-state index is 12.0. The molecule has 1 atom stereocenters. The first-order chi connectivity index (χ1) is 9.70. The maximum Gasteiger partial charge on any atom is 0.223 e. The van der Waals surface area contributed by atoms with Crippen molar-refractivity contribution in [3.63, 3.8) is 0 Å². The van der Waals surface area contributed by atoms with Crippen molar-refractivity contribution in [1.29, 1.82) is 0 Å². The number of carbonyl (C=O) groups is 1. The monoisotopic (exact) mass is 271 g/mol. The second-order valence-corrected chi connectivity index (χ2v) is 5.26. The van der Waals surface area contributed by atoms with Crippen molar-refractivity contribution < 1.29 is 9.32 Å². The van der Waals surface area contributed by atoms with Crippen LogP contribution in [0.5, 0.6) is 0 Å². The van der Waals surface area contributed by atoms with Crippen molar-refractivity contribution >= 4 is 5.91 Å². The lowest BCUT2D eigenvalue weighted by Crippen LogP contribution is -2.25. The summed E-state index contributed by atoms with van der Waals surface area (Å²) in [6.07, 6.45) is 1.54. The molecule has 0 unspecified atom stereocenters. The minimum Gasteiger partial charge on any atom is -0.340 e. The molecule has 0 spiro atoms. The van der Waals surface area contributed by atoms with Crippen molar-refractivity contribution in [2.24, 2.45) is 5.92 Å². The zero-order chi connectivity index (χ0) is 13.9. The first-order valence-corrected chi connectivity index (χ1v) is 6.81. The fourth-order valence-electron chi connectivity index (χ4n) is 2.67. The molecule has 2 aromatic rings. The second kappa shape index (κ2) is 5.45. The summed E-state index contributed by atoms with van der Waals surface area (Å²) in [6.45, 7) is 2.96. The number of nitrogens with zero attached hydrogens (tertiary/aromatic N) is 3. The molecule has 5 heteroatoms. The molecule has 5 nitrogen and oxygen atoms in total. The molecule has 0 N–H and O–H groups in total. The van der Waals surface area contributed by atoms with Gasteiger partial charge in [-0.25, -0.2) is 0 Å². The van der Waals surface area contributed by atoms with Crippen LogP contribution in [0.4, 0.5) is 0 Å². The molecule has 104 valence electrons. The maximum atomic E-state index is 12.0. The largest absolute Gasteiger partial charge is 0.340 e. The normalized spacial score (nSPS) is 18.8. The summed E-state index contributed by atoms with van der Waals surface area (Å²) in [5.74, 6) is 1.66. The van der Waals surface area contributed by atoms with Gasteiger partial charge in [-0.15, -0.1) is 0 Å². The zero-order valence-electron chi connectivity index (χ0n) is 11.5. The number of hydrogen-bond donors (Lipinski definition) is 0. The number of likely N-dealkylation sites (tertiary alicyclic amines) is 1. The Balaban J connectivity index is 1.60. The van der Waals surface area contributed by atoms with Gasteiger partial charge in [0.25, 0.3) is 0 Å². The molecule has 0 saturated carbocycles. The van der Waals surface area contributed by atoms with Gasteiger partial charge in [-0.2, -0.15) is 4.98 Å². The van der Waals surface area contributed by atoms with Crippen molar-refractivity contribution in [2.75, 3.05) is 6.54 Å². The summed E-state index contributed by atoms with van der Waals surface area (Å²) < 4.78 is 4.93. The highest BCUT2D eigenvalue weighted by Crippen LogP contribution is 2.23. The number of amides is 1. The van der Waals surface area contributed by atoms with Gasteiger partial charge < -0.3 is 9.42 Å². The third-order valence-electron chi connectivity index (χ3n) is 3.56. The van der Waals surface area contributed by atoms with Crippen molar-refractivity contribution in [1.82, 2.24) is 15.0 Å². The van der Waals surface area contributed by atoms with Gasteiger partial charge in [0.05, 0.1) is 6.54 Å². The number of benzene rings is 1. The van der Waals surface area contributed by atoms with Gasteiger partial charge in [-0.3, -0.25) is 4.79 Å². The van der Waals surface area contributed by atoms with Gasteiger partial charge >= 0.3 is 0 Å². The van der Waals surface area contributed by atoms with Crippen LogP contribution < -0.4 is 0 Å². The van der Waals surface area contributed by atoms with E-state index in [1.807, 2.05) is 23.1 Å². The van der Waals surface area contributed by atoms with Crippen LogP contribution >= 0.6 is 0 Å². The Morgan fingerprint density at radius 3 is 2.85 bits per heavy atom. The summed E-state index contributed by atoms with van der Waals surface area (Å²) in [6, 6.07) is 10.3. The molecule has 1 aromatic carbocycles. The van der Waals surface area contributed by atoms with E-state index in [-0.39, 0.29) is 5.91 Å². The molecule has 0 aliphatic carbocycles. The number of aromatic nitrogens is 2. The van der Waals surface area contributed by atoms with Gasteiger partial charge in [0, 0.05) is 19.9 Å². The number of rotatable bonds is 4. The van der Waals surface area contributed by atoms with E-state index in [9.17, 15) is 4.79 Å². The number of aryl methyl sites for hydroxylation is 1. The van der Waals surface area contributed by atoms with Crippen LogP contribution in [0.1, 0.15) is 23.7 Å². The Morgan fingerprint density at radius 1 is 1.35 bits per heavy atom. The summed E-state index contributed by atoms with van der Waals surface area (Å²) in [4.78, 5) is 18.0. The molecule has 1 amide bonds. The molecule has 20 heavy (non-hydrogen) atoms. The number of carbonyl (C=O) groups excluding carboxylic acids is 1. The topological polar surface area (TPSA) is 59.2 Å². The Hall–Kier alpha value is -2.17. The quantitative estimate of drug-likeness (QED) is 0.853. The molecule has 1 saturated heterocycles. The minimum absolute atomic E-state index is 0.174. The predicted octanol–water partition coefficient (Wildman–Crippen LogP) is 1.97. The SMILES string of the molecule is Cc1nc(CN2C[C@@H](Cc3ccccc3)CC2=O)no1.